The molecule has 0 spiro atoms. The standard InChI is InChI=1S/C64H48F2N2/c1-63(2)51-37-45(67(43-25-13-7-14-26-43)57-31-19-17-29-55(57)65)33-35-47(51)61-53(63)39-49-50(59(61)41-21-9-5-10-22-41)40-54-62(60(49)42-23-11-6-12-24-42)48-36-34-46(38-52(48)64(54,3)4)68(44-27-15-8-16-28-44)58-32-20-18-30-56(58)66/h5-40H,1-4H3. The largest absolute Gasteiger partial charge is 0.308 e. The summed E-state index contributed by atoms with van der Waals surface area (Å²) in [6.07, 6.45) is 0. The lowest BCUT2D eigenvalue weighted by Gasteiger charge is -2.28. The van der Waals surface area contributed by atoms with Crippen LogP contribution in [0.3, 0.4) is 0 Å². The van der Waals surface area contributed by atoms with Crippen molar-refractivity contribution in [3.63, 3.8) is 0 Å². The van der Waals surface area contributed by atoms with Crippen LogP contribution in [-0.4, -0.2) is 0 Å². The van der Waals surface area contributed by atoms with E-state index in [2.05, 4.69) is 137 Å². The maximum absolute atomic E-state index is 15.8. The Morgan fingerprint density at radius 2 is 0.647 bits per heavy atom. The van der Waals surface area contributed by atoms with Crippen LogP contribution in [-0.2, 0) is 10.8 Å². The molecule has 10 aromatic carbocycles. The third-order valence-corrected chi connectivity index (χ3v) is 14.5. The first-order valence-corrected chi connectivity index (χ1v) is 23.4. The minimum Gasteiger partial charge on any atom is -0.308 e. The summed E-state index contributed by atoms with van der Waals surface area (Å²) in [5.41, 5.74) is 18.1. The summed E-state index contributed by atoms with van der Waals surface area (Å²) in [5, 5.41) is 2.38. The highest BCUT2D eigenvalue weighted by molar-refractivity contribution is 6.17. The van der Waals surface area contributed by atoms with Crippen LogP contribution in [0.4, 0.5) is 42.9 Å². The molecule has 0 N–H and O–H groups in total. The number of halogens is 2. The minimum atomic E-state index is -0.428. The van der Waals surface area contributed by atoms with Crippen LogP contribution in [0.2, 0.25) is 0 Å². The molecule has 12 rings (SSSR count). The Kier molecular flexibility index (Phi) is 9.60. The zero-order valence-corrected chi connectivity index (χ0v) is 38.4. The van der Waals surface area contributed by atoms with Gasteiger partial charge in [0.25, 0.3) is 0 Å². The molecular formula is C64H48F2N2. The van der Waals surface area contributed by atoms with Crippen molar-refractivity contribution in [1.29, 1.82) is 0 Å². The molecule has 0 fully saturated rings. The molecule has 0 radical (unpaired) electrons. The van der Waals surface area contributed by atoms with Crippen molar-refractivity contribution in [2.24, 2.45) is 0 Å². The first-order chi connectivity index (χ1) is 33.1. The molecule has 2 aliphatic rings. The zero-order chi connectivity index (χ0) is 46.3. The number of hydrogen-bond donors (Lipinski definition) is 0. The first-order valence-electron chi connectivity index (χ1n) is 23.4. The second-order valence-electron chi connectivity index (χ2n) is 19.1. The smallest absolute Gasteiger partial charge is 0.147 e. The lowest BCUT2D eigenvalue weighted by Crippen LogP contribution is -2.17. The summed E-state index contributed by atoms with van der Waals surface area (Å²) in [6, 6.07) is 74.2. The van der Waals surface area contributed by atoms with E-state index < -0.39 is 10.8 Å². The van der Waals surface area contributed by atoms with Gasteiger partial charge < -0.3 is 9.80 Å². The van der Waals surface area contributed by atoms with Gasteiger partial charge >= 0.3 is 0 Å². The summed E-state index contributed by atoms with van der Waals surface area (Å²) in [6.45, 7) is 9.34. The van der Waals surface area contributed by atoms with Crippen LogP contribution in [0.25, 0.3) is 55.3 Å². The van der Waals surface area contributed by atoms with Crippen molar-refractivity contribution in [2.75, 3.05) is 9.80 Å². The summed E-state index contributed by atoms with van der Waals surface area (Å²) in [4.78, 5) is 4.06. The van der Waals surface area contributed by atoms with Crippen molar-refractivity contribution >= 4 is 44.9 Å². The predicted octanol–water partition coefficient (Wildman–Crippen LogP) is 18.0. The van der Waals surface area contributed by atoms with E-state index in [1.165, 1.54) is 78.5 Å². The van der Waals surface area contributed by atoms with Gasteiger partial charge in [0.2, 0.25) is 0 Å². The van der Waals surface area contributed by atoms with Crippen LogP contribution in [0.1, 0.15) is 49.9 Å². The van der Waals surface area contributed by atoms with Crippen LogP contribution < -0.4 is 9.80 Å². The van der Waals surface area contributed by atoms with E-state index in [1.54, 1.807) is 12.1 Å². The second kappa shape index (κ2) is 15.8. The number of benzene rings is 10. The number of rotatable bonds is 8. The van der Waals surface area contributed by atoms with E-state index in [-0.39, 0.29) is 11.6 Å². The number of anilines is 6. The van der Waals surface area contributed by atoms with Crippen molar-refractivity contribution in [3.8, 4) is 44.5 Å². The molecule has 0 saturated carbocycles. The summed E-state index contributed by atoms with van der Waals surface area (Å²) >= 11 is 0. The fraction of sp³-hybridized carbons (Fsp3) is 0.0938. The molecule has 0 atom stereocenters. The Bertz CT molecular complexity index is 3340. The molecule has 0 aromatic heterocycles. The Hall–Kier alpha value is -8.08. The first kappa shape index (κ1) is 41.4. The topological polar surface area (TPSA) is 6.48 Å². The number of nitrogens with zero attached hydrogens (tertiary/aromatic N) is 2. The fourth-order valence-corrected chi connectivity index (χ4v) is 11.3. The molecule has 4 heteroatoms. The Labute approximate surface area is 397 Å². The van der Waals surface area contributed by atoms with Crippen molar-refractivity contribution < 1.29 is 8.78 Å². The lowest BCUT2D eigenvalue weighted by atomic mass is 9.76. The molecule has 0 unspecified atom stereocenters. The van der Waals surface area contributed by atoms with Gasteiger partial charge in [0.1, 0.15) is 11.6 Å². The lowest BCUT2D eigenvalue weighted by molar-refractivity contribution is 0.628. The average Bonchev–Trinajstić information content (AvgIpc) is 3.73. The molecule has 0 saturated heterocycles. The Morgan fingerprint density at radius 3 is 1.01 bits per heavy atom. The molecule has 328 valence electrons. The molecule has 2 nitrogen and oxygen atoms in total. The maximum atomic E-state index is 15.8. The van der Waals surface area contributed by atoms with Gasteiger partial charge in [0, 0.05) is 33.6 Å². The van der Waals surface area contributed by atoms with Gasteiger partial charge in [-0.1, -0.05) is 161 Å². The van der Waals surface area contributed by atoms with Crippen LogP contribution in [0, 0.1) is 11.6 Å². The van der Waals surface area contributed by atoms with Crippen LogP contribution in [0.5, 0.6) is 0 Å². The van der Waals surface area contributed by atoms with E-state index in [1.807, 2.05) is 94.7 Å². The van der Waals surface area contributed by atoms with Gasteiger partial charge in [-0.15, -0.1) is 0 Å². The van der Waals surface area contributed by atoms with Gasteiger partial charge in [0.05, 0.1) is 11.4 Å². The molecule has 2 aliphatic carbocycles. The number of hydrogen-bond acceptors (Lipinski definition) is 2. The highest BCUT2D eigenvalue weighted by atomic mass is 19.1. The summed E-state index contributed by atoms with van der Waals surface area (Å²) in [5.74, 6) is -0.560. The molecule has 10 aromatic rings. The molecule has 0 heterocycles. The Balaban J connectivity index is 1.12. The number of para-hydroxylation sites is 4. The van der Waals surface area contributed by atoms with Crippen molar-refractivity contribution in [2.45, 2.75) is 38.5 Å². The van der Waals surface area contributed by atoms with Crippen LogP contribution in [0.15, 0.2) is 218 Å². The average molecular weight is 883 g/mol. The summed E-state index contributed by atoms with van der Waals surface area (Å²) in [7, 11) is 0. The van der Waals surface area contributed by atoms with Gasteiger partial charge in [-0.25, -0.2) is 8.78 Å². The zero-order valence-electron chi connectivity index (χ0n) is 38.4. The highest BCUT2D eigenvalue weighted by Crippen LogP contribution is 2.60. The third kappa shape index (κ3) is 6.35. The normalized spacial score (nSPS) is 13.7. The van der Waals surface area contributed by atoms with E-state index in [0.717, 1.165) is 33.9 Å². The monoisotopic (exact) mass is 882 g/mol. The Morgan fingerprint density at radius 1 is 0.309 bits per heavy atom. The molecule has 0 bridgehead atoms. The van der Waals surface area contributed by atoms with E-state index in [4.69, 9.17) is 0 Å². The number of fused-ring (bicyclic) bond motifs is 7. The molecule has 68 heavy (non-hydrogen) atoms. The van der Waals surface area contributed by atoms with Gasteiger partial charge in [-0.2, -0.15) is 0 Å². The quantitative estimate of drug-likeness (QED) is 0.150. The van der Waals surface area contributed by atoms with E-state index >= 15 is 8.78 Å². The van der Waals surface area contributed by atoms with Gasteiger partial charge in [0.15, 0.2) is 0 Å². The van der Waals surface area contributed by atoms with Crippen molar-refractivity contribution in [3.05, 3.63) is 252 Å². The second-order valence-corrected chi connectivity index (χ2v) is 19.1. The predicted molar refractivity (Wildman–Crippen MR) is 279 cm³/mol. The maximum Gasteiger partial charge on any atom is 0.147 e. The molecule has 0 amide bonds. The fourth-order valence-electron chi connectivity index (χ4n) is 11.3. The minimum absolute atomic E-state index is 0.280. The third-order valence-electron chi connectivity index (χ3n) is 14.5. The van der Waals surface area contributed by atoms with Crippen molar-refractivity contribution in [1.82, 2.24) is 0 Å². The van der Waals surface area contributed by atoms with Gasteiger partial charge in [-0.3, -0.25) is 0 Å². The summed E-state index contributed by atoms with van der Waals surface area (Å²) < 4.78 is 31.7. The van der Waals surface area contributed by atoms with Gasteiger partial charge in [-0.05, 0) is 162 Å². The molecular weight excluding hydrogens is 835 g/mol. The SMILES string of the molecule is CC1(C)c2cc(N(c3ccccc3)c3ccccc3F)ccc2-c2c1cc1c(-c3ccccc3)c3c(cc1c2-c1ccccc1)C(C)(C)c1cc(N(c2ccccc2)c2ccccc2F)ccc1-3. The van der Waals surface area contributed by atoms with Crippen LogP contribution >= 0.6 is 0 Å². The molecule has 0 aliphatic heterocycles. The van der Waals surface area contributed by atoms with E-state index in [9.17, 15) is 0 Å². The highest BCUT2D eigenvalue weighted by Gasteiger charge is 2.42. The van der Waals surface area contributed by atoms with E-state index in [0.29, 0.717) is 11.4 Å².